The Bertz CT molecular complexity index is 940. The summed E-state index contributed by atoms with van der Waals surface area (Å²) in [6.07, 6.45) is 8.08. The third kappa shape index (κ3) is 6.77. The lowest BCUT2D eigenvalue weighted by molar-refractivity contribution is -0.159. The highest BCUT2D eigenvalue weighted by Gasteiger charge is 2.75. The van der Waals surface area contributed by atoms with Crippen LogP contribution in [0.4, 0.5) is 0 Å². The molecular formula is C30H47N3O7. The Hall–Kier alpha value is -2.72. The normalized spacial score (nSPS) is 27.3. The number of carbonyl (C=O) groups excluding carboxylic acids is 4. The van der Waals surface area contributed by atoms with Gasteiger partial charge >= 0.3 is 5.97 Å². The molecule has 3 aliphatic heterocycles. The summed E-state index contributed by atoms with van der Waals surface area (Å²) in [4.78, 5) is 56.8. The molecule has 0 aromatic carbocycles. The van der Waals surface area contributed by atoms with Crippen LogP contribution in [0.1, 0.15) is 71.6 Å². The molecule has 0 saturated carbocycles. The maximum atomic E-state index is 14.1. The van der Waals surface area contributed by atoms with Crippen molar-refractivity contribution in [3.05, 3.63) is 25.3 Å². The zero-order valence-electron chi connectivity index (χ0n) is 24.1. The van der Waals surface area contributed by atoms with E-state index in [1.165, 1.54) is 0 Å². The molecule has 2 N–H and O–H groups in total. The number of rotatable bonds is 18. The quantitative estimate of drug-likeness (QED) is 0.150. The van der Waals surface area contributed by atoms with Crippen LogP contribution in [0.15, 0.2) is 25.3 Å². The first kappa shape index (κ1) is 31.8. The predicted molar refractivity (Wildman–Crippen MR) is 150 cm³/mol. The minimum atomic E-state index is -1.09. The van der Waals surface area contributed by atoms with Gasteiger partial charge in [-0.25, -0.2) is 0 Å². The molecule has 3 amide bonds. The van der Waals surface area contributed by atoms with E-state index in [0.29, 0.717) is 58.2 Å². The molecule has 3 saturated heterocycles. The molecule has 10 nitrogen and oxygen atoms in total. The van der Waals surface area contributed by atoms with E-state index >= 15 is 0 Å². The van der Waals surface area contributed by atoms with Gasteiger partial charge in [-0.1, -0.05) is 31.9 Å². The lowest BCUT2D eigenvalue weighted by Crippen LogP contribution is -2.56. The minimum absolute atomic E-state index is 0.00956. The first-order chi connectivity index (χ1) is 19.2. The van der Waals surface area contributed by atoms with Gasteiger partial charge < -0.3 is 29.7 Å². The molecule has 0 aliphatic carbocycles. The van der Waals surface area contributed by atoms with Gasteiger partial charge in [0.05, 0.1) is 24.5 Å². The molecule has 1 spiro atoms. The average Bonchev–Trinajstić information content (AvgIpc) is 3.57. The highest BCUT2D eigenvalue weighted by atomic mass is 16.6. The zero-order chi connectivity index (χ0) is 29.3. The average molecular weight is 562 g/mol. The van der Waals surface area contributed by atoms with Crippen LogP contribution < -0.4 is 5.32 Å². The molecule has 3 heterocycles. The lowest BCUT2D eigenvalue weighted by atomic mass is 9.70. The monoisotopic (exact) mass is 561 g/mol. The third-order valence-electron chi connectivity index (χ3n) is 8.29. The van der Waals surface area contributed by atoms with Crippen molar-refractivity contribution >= 4 is 23.7 Å². The molecule has 0 radical (unpaired) electrons. The standard InChI is InChI=1S/C30H47N3O7/c1-5-8-10-17-32(16-7-3)28(37)26-30-15-14-22(40-30)24(25(30)27(36)33(26)18-11-12-19-34)29(38)39-21(4)20-31-23(35)13-9-6-2/h6-7,21-22,24-26,34H,2-3,5,8-20H2,1,4H3,(H,31,35)/t21-,22+,24-,25-,26+,30-/m0/s1. The van der Waals surface area contributed by atoms with Crippen LogP contribution >= 0.6 is 0 Å². The van der Waals surface area contributed by atoms with Gasteiger partial charge in [0, 0.05) is 32.7 Å². The number of amides is 3. The van der Waals surface area contributed by atoms with E-state index in [1.807, 2.05) is 0 Å². The number of carbonyl (C=O) groups is 4. The highest BCUT2D eigenvalue weighted by Crippen LogP contribution is 2.58. The maximum absolute atomic E-state index is 14.1. The molecule has 6 atom stereocenters. The summed E-state index contributed by atoms with van der Waals surface area (Å²) >= 11 is 0. The number of nitrogens with one attached hydrogen (secondary N) is 1. The molecule has 10 heteroatoms. The van der Waals surface area contributed by atoms with E-state index in [0.717, 1.165) is 19.3 Å². The SMILES string of the molecule is C=CCCC(=O)NC[C@H](C)OC(=O)[C@@H]1[C@H]2C(=O)N(CCCCO)[C@H](C(=O)N(CC=C)CCCCC)[C@]23CC[C@H]1O3. The molecular weight excluding hydrogens is 514 g/mol. The first-order valence-corrected chi connectivity index (χ1v) is 14.8. The molecule has 0 unspecified atom stereocenters. The third-order valence-corrected chi connectivity index (χ3v) is 8.29. The Kier molecular flexibility index (Phi) is 11.7. The maximum Gasteiger partial charge on any atom is 0.312 e. The molecule has 3 rings (SSSR count). The molecule has 224 valence electrons. The summed E-state index contributed by atoms with van der Waals surface area (Å²) in [5, 5.41) is 12.1. The topological polar surface area (TPSA) is 125 Å². The Balaban J connectivity index is 1.81. The summed E-state index contributed by atoms with van der Waals surface area (Å²) in [6, 6.07) is -0.838. The van der Waals surface area contributed by atoms with Crippen molar-refractivity contribution in [1.82, 2.24) is 15.1 Å². The summed E-state index contributed by atoms with van der Waals surface area (Å²) in [5.41, 5.74) is -1.09. The smallest absolute Gasteiger partial charge is 0.312 e. The number of esters is 1. The summed E-state index contributed by atoms with van der Waals surface area (Å²) in [7, 11) is 0. The van der Waals surface area contributed by atoms with Crippen LogP contribution in [-0.2, 0) is 28.7 Å². The van der Waals surface area contributed by atoms with Gasteiger partial charge in [-0.05, 0) is 45.4 Å². The zero-order valence-corrected chi connectivity index (χ0v) is 24.1. The number of hydrogen-bond donors (Lipinski definition) is 2. The Morgan fingerprint density at radius 2 is 2.02 bits per heavy atom. The van der Waals surface area contributed by atoms with E-state index in [4.69, 9.17) is 9.47 Å². The Labute approximate surface area is 238 Å². The number of aliphatic hydroxyl groups is 1. The largest absolute Gasteiger partial charge is 0.460 e. The molecule has 2 bridgehead atoms. The molecule has 0 aromatic heterocycles. The van der Waals surface area contributed by atoms with Crippen molar-refractivity contribution < 1.29 is 33.8 Å². The van der Waals surface area contributed by atoms with Crippen molar-refractivity contribution in [2.24, 2.45) is 11.8 Å². The van der Waals surface area contributed by atoms with Crippen molar-refractivity contribution in [1.29, 1.82) is 0 Å². The number of hydrogen-bond acceptors (Lipinski definition) is 7. The van der Waals surface area contributed by atoms with Gasteiger partial charge in [0.15, 0.2) is 0 Å². The van der Waals surface area contributed by atoms with Crippen molar-refractivity contribution in [3.63, 3.8) is 0 Å². The summed E-state index contributed by atoms with van der Waals surface area (Å²) in [5.74, 6) is -2.76. The fourth-order valence-electron chi connectivity index (χ4n) is 6.41. The summed E-state index contributed by atoms with van der Waals surface area (Å²) in [6.45, 7) is 12.6. The predicted octanol–water partition coefficient (Wildman–Crippen LogP) is 2.35. The lowest BCUT2D eigenvalue weighted by Gasteiger charge is -2.36. The van der Waals surface area contributed by atoms with Crippen LogP contribution in [0.3, 0.4) is 0 Å². The van der Waals surface area contributed by atoms with Gasteiger partial charge in [-0.2, -0.15) is 0 Å². The van der Waals surface area contributed by atoms with E-state index in [2.05, 4.69) is 25.4 Å². The number of nitrogens with zero attached hydrogens (tertiary/aromatic N) is 2. The van der Waals surface area contributed by atoms with E-state index in [-0.39, 0.29) is 30.9 Å². The van der Waals surface area contributed by atoms with Crippen LogP contribution in [0.25, 0.3) is 0 Å². The second kappa shape index (κ2) is 14.8. The number of ether oxygens (including phenoxy) is 2. The van der Waals surface area contributed by atoms with Crippen LogP contribution in [0.5, 0.6) is 0 Å². The van der Waals surface area contributed by atoms with E-state index < -0.39 is 41.7 Å². The number of allylic oxidation sites excluding steroid dienone is 1. The van der Waals surface area contributed by atoms with E-state index in [9.17, 15) is 24.3 Å². The van der Waals surface area contributed by atoms with Crippen LogP contribution in [0, 0.1) is 11.8 Å². The van der Waals surface area contributed by atoms with Crippen LogP contribution in [-0.4, -0.2) is 95.2 Å². The second-order valence-corrected chi connectivity index (χ2v) is 11.2. The van der Waals surface area contributed by atoms with E-state index in [1.54, 1.807) is 28.9 Å². The minimum Gasteiger partial charge on any atom is -0.460 e. The van der Waals surface area contributed by atoms with Gasteiger partial charge in [0.25, 0.3) is 0 Å². The van der Waals surface area contributed by atoms with Gasteiger partial charge in [-0.3, -0.25) is 19.2 Å². The number of unbranched alkanes of at least 4 members (excludes halogenated alkanes) is 3. The molecule has 3 aliphatic rings. The van der Waals surface area contributed by atoms with Crippen molar-refractivity contribution in [3.8, 4) is 0 Å². The Morgan fingerprint density at radius 1 is 1.25 bits per heavy atom. The fourth-order valence-corrected chi connectivity index (χ4v) is 6.41. The molecule has 3 fully saturated rings. The van der Waals surface area contributed by atoms with Crippen molar-refractivity contribution in [2.75, 3.05) is 32.8 Å². The number of likely N-dealkylation sites (tertiary alicyclic amines) is 1. The van der Waals surface area contributed by atoms with Crippen LogP contribution in [0.2, 0.25) is 0 Å². The van der Waals surface area contributed by atoms with Gasteiger partial charge in [-0.15, -0.1) is 13.2 Å². The Morgan fingerprint density at radius 3 is 2.70 bits per heavy atom. The van der Waals surface area contributed by atoms with Gasteiger partial charge in [0.2, 0.25) is 17.7 Å². The second-order valence-electron chi connectivity index (χ2n) is 11.2. The molecule has 0 aromatic rings. The number of aliphatic hydroxyl groups excluding tert-OH is 1. The summed E-state index contributed by atoms with van der Waals surface area (Å²) < 4.78 is 12.2. The first-order valence-electron chi connectivity index (χ1n) is 14.8. The molecule has 40 heavy (non-hydrogen) atoms. The highest BCUT2D eigenvalue weighted by molar-refractivity contribution is 5.98. The number of fused-ring (bicyclic) bond motifs is 1. The van der Waals surface area contributed by atoms with Gasteiger partial charge in [0.1, 0.15) is 17.7 Å². The fraction of sp³-hybridized carbons (Fsp3) is 0.733. The van der Waals surface area contributed by atoms with Crippen molar-refractivity contribution in [2.45, 2.75) is 95.5 Å².